The third-order valence-corrected chi connectivity index (χ3v) is 8.21. The molecule has 4 aliphatic heterocycles. The highest BCUT2D eigenvalue weighted by atomic mass is 16.2. The summed E-state index contributed by atoms with van der Waals surface area (Å²) in [5.41, 5.74) is 4.62. The minimum Gasteiger partial charge on any atom is -0.370 e. The summed E-state index contributed by atoms with van der Waals surface area (Å²) in [6, 6.07) is 11.1. The molecule has 1 aromatic heterocycles. The number of likely N-dealkylation sites (tertiary alicyclic amines) is 1. The average Bonchev–Trinajstić information content (AvgIpc) is 3.20. The molecule has 4 aliphatic rings. The van der Waals surface area contributed by atoms with Gasteiger partial charge >= 0.3 is 0 Å². The summed E-state index contributed by atoms with van der Waals surface area (Å²) in [5.74, 6) is -0.771. The fourth-order valence-electron chi connectivity index (χ4n) is 6.11. The van der Waals surface area contributed by atoms with E-state index in [-0.39, 0.29) is 24.1 Å². The van der Waals surface area contributed by atoms with Crippen molar-refractivity contribution in [3.8, 4) is 6.07 Å². The van der Waals surface area contributed by atoms with Gasteiger partial charge in [-0.15, -0.1) is 0 Å². The Morgan fingerprint density at radius 2 is 1.92 bits per heavy atom. The number of piperidine rings is 2. The Bertz CT molecular complexity index is 1270. The zero-order valence-electron chi connectivity index (χ0n) is 20.1. The second-order valence-corrected chi connectivity index (χ2v) is 10.5. The second-order valence-electron chi connectivity index (χ2n) is 10.5. The Morgan fingerprint density at radius 1 is 1.11 bits per heavy atom. The summed E-state index contributed by atoms with van der Waals surface area (Å²) in [7, 11) is 0. The van der Waals surface area contributed by atoms with Crippen molar-refractivity contribution < 1.29 is 14.4 Å². The standard InChI is InChI=1S/C27H28N6O3/c28-12-18-4-5-19(29-13-18)14-31-10-8-27(9-11-31)16-32(17-27)22-3-1-2-20-21(22)15-33(26(20)36)23-6-7-24(34)30-25(23)35/h1-5,13,23H,6-11,14-17H2,(H,30,34,35). The highest BCUT2D eigenvalue weighted by molar-refractivity contribution is 6.06. The third kappa shape index (κ3) is 3.91. The van der Waals surface area contributed by atoms with Crippen molar-refractivity contribution in [1.82, 2.24) is 20.1 Å². The van der Waals surface area contributed by atoms with Crippen LogP contribution in [0.4, 0.5) is 5.69 Å². The lowest BCUT2D eigenvalue weighted by atomic mass is 9.71. The van der Waals surface area contributed by atoms with Crippen molar-refractivity contribution in [3.05, 3.63) is 58.9 Å². The summed E-state index contributed by atoms with van der Waals surface area (Å²) in [6.07, 6.45) is 4.51. The molecule has 36 heavy (non-hydrogen) atoms. The van der Waals surface area contributed by atoms with Crippen molar-refractivity contribution in [1.29, 1.82) is 5.26 Å². The number of nitrogens with one attached hydrogen (secondary N) is 1. The average molecular weight is 485 g/mol. The first kappa shape index (κ1) is 22.7. The highest BCUT2D eigenvalue weighted by Gasteiger charge is 2.47. The van der Waals surface area contributed by atoms with Crippen LogP contribution in [0.5, 0.6) is 0 Å². The number of imide groups is 1. The molecule has 1 aromatic carbocycles. The summed E-state index contributed by atoms with van der Waals surface area (Å²) in [6.45, 7) is 5.19. The van der Waals surface area contributed by atoms with Crippen molar-refractivity contribution >= 4 is 23.4 Å². The molecule has 9 heteroatoms. The molecule has 6 rings (SSSR count). The molecular weight excluding hydrogens is 456 g/mol. The largest absolute Gasteiger partial charge is 0.370 e. The van der Waals surface area contributed by atoms with Gasteiger partial charge in [-0.25, -0.2) is 0 Å². The summed E-state index contributed by atoms with van der Waals surface area (Å²) in [5, 5.41) is 11.3. The third-order valence-electron chi connectivity index (χ3n) is 8.21. The number of aromatic nitrogens is 1. The predicted molar refractivity (Wildman–Crippen MR) is 131 cm³/mol. The lowest BCUT2D eigenvalue weighted by Gasteiger charge is -2.55. The molecule has 2 aromatic rings. The number of amides is 3. The molecule has 0 radical (unpaired) electrons. The van der Waals surface area contributed by atoms with Crippen LogP contribution < -0.4 is 10.2 Å². The number of nitriles is 1. The molecule has 0 saturated carbocycles. The van der Waals surface area contributed by atoms with Crippen LogP contribution >= 0.6 is 0 Å². The van der Waals surface area contributed by atoms with E-state index in [9.17, 15) is 14.4 Å². The smallest absolute Gasteiger partial charge is 0.255 e. The Balaban J connectivity index is 1.08. The van der Waals surface area contributed by atoms with Crippen LogP contribution in [0.2, 0.25) is 0 Å². The zero-order chi connectivity index (χ0) is 24.9. The van der Waals surface area contributed by atoms with Gasteiger partial charge in [-0.05, 0) is 56.6 Å². The minimum atomic E-state index is -0.590. The first-order valence-electron chi connectivity index (χ1n) is 12.5. The number of carbonyl (C=O) groups is 3. The first-order valence-corrected chi connectivity index (χ1v) is 12.5. The maximum absolute atomic E-state index is 13.1. The maximum atomic E-state index is 13.1. The van der Waals surface area contributed by atoms with E-state index in [1.165, 1.54) is 0 Å². The minimum absolute atomic E-state index is 0.124. The van der Waals surface area contributed by atoms with Gasteiger partial charge in [-0.3, -0.25) is 29.6 Å². The van der Waals surface area contributed by atoms with Crippen molar-refractivity contribution in [2.75, 3.05) is 31.1 Å². The van der Waals surface area contributed by atoms with Crippen LogP contribution in [0.3, 0.4) is 0 Å². The van der Waals surface area contributed by atoms with Crippen LogP contribution in [0.1, 0.15) is 52.9 Å². The van der Waals surface area contributed by atoms with Crippen LogP contribution in [-0.4, -0.2) is 64.7 Å². The van der Waals surface area contributed by atoms with E-state index in [1.807, 2.05) is 24.3 Å². The van der Waals surface area contributed by atoms with Gasteiger partial charge in [0, 0.05) is 61.0 Å². The molecular formula is C27H28N6O3. The Kier molecular flexibility index (Phi) is 5.49. The Labute approximate surface area is 209 Å². The molecule has 0 aliphatic carbocycles. The molecule has 1 spiro atoms. The van der Waals surface area contributed by atoms with Crippen LogP contribution in [0.15, 0.2) is 36.5 Å². The number of fused-ring (bicyclic) bond motifs is 1. The number of nitrogens with zero attached hydrogens (tertiary/aromatic N) is 5. The highest BCUT2D eigenvalue weighted by Crippen LogP contribution is 2.45. The molecule has 1 unspecified atom stereocenters. The van der Waals surface area contributed by atoms with E-state index in [1.54, 1.807) is 11.1 Å². The molecule has 3 fully saturated rings. The van der Waals surface area contributed by atoms with Gasteiger partial charge in [0.05, 0.1) is 11.3 Å². The maximum Gasteiger partial charge on any atom is 0.255 e. The number of rotatable bonds is 4. The molecule has 3 saturated heterocycles. The Hall–Kier alpha value is -3.77. The first-order chi connectivity index (χ1) is 17.4. The van der Waals surface area contributed by atoms with Gasteiger partial charge < -0.3 is 9.80 Å². The number of benzene rings is 1. The predicted octanol–water partition coefficient (Wildman–Crippen LogP) is 1.82. The van der Waals surface area contributed by atoms with E-state index >= 15 is 0 Å². The van der Waals surface area contributed by atoms with Crippen LogP contribution in [0.25, 0.3) is 0 Å². The molecule has 3 amide bonds. The van der Waals surface area contributed by atoms with Gasteiger partial charge in [0.25, 0.3) is 5.91 Å². The summed E-state index contributed by atoms with van der Waals surface area (Å²) >= 11 is 0. The lowest BCUT2D eigenvalue weighted by molar-refractivity contribution is -0.136. The number of hydrogen-bond acceptors (Lipinski definition) is 7. The van der Waals surface area contributed by atoms with Gasteiger partial charge in [-0.1, -0.05) is 6.07 Å². The van der Waals surface area contributed by atoms with E-state index in [0.717, 1.165) is 62.5 Å². The molecule has 9 nitrogen and oxygen atoms in total. The fraction of sp³-hybridized carbons (Fsp3) is 0.444. The topological polar surface area (TPSA) is 110 Å². The fourth-order valence-corrected chi connectivity index (χ4v) is 6.11. The van der Waals surface area contributed by atoms with Crippen molar-refractivity contribution in [3.63, 3.8) is 0 Å². The number of hydrogen-bond donors (Lipinski definition) is 1. The van der Waals surface area contributed by atoms with E-state index in [4.69, 9.17) is 5.26 Å². The van der Waals surface area contributed by atoms with Gasteiger partial charge in [0.2, 0.25) is 11.8 Å². The molecule has 1 N–H and O–H groups in total. The van der Waals surface area contributed by atoms with E-state index in [0.29, 0.717) is 29.5 Å². The monoisotopic (exact) mass is 484 g/mol. The normalized spacial score (nSPS) is 23.3. The Morgan fingerprint density at radius 3 is 2.61 bits per heavy atom. The van der Waals surface area contributed by atoms with E-state index < -0.39 is 6.04 Å². The SMILES string of the molecule is N#Cc1ccc(CN2CCC3(CC2)CN(c2cccc4c2CN(C2CCC(=O)NC2=O)C4=O)C3)nc1. The van der Waals surface area contributed by atoms with E-state index in [2.05, 4.69) is 32.2 Å². The second kappa shape index (κ2) is 8.71. The quantitative estimate of drug-likeness (QED) is 0.659. The molecule has 5 heterocycles. The summed E-state index contributed by atoms with van der Waals surface area (Å²) < 4.78 is 0. The van der Waals surface area contributed by atoms with Crippen molar-refractivity contribution in [2.45, 2.75) is 44.8 Å². The molecule has 184 valence electrons. The van der Waals surface area contributed by atoms with Crippen LogP contribution in [0, 0.1) is 16.7 Å². The van der Waals surface area contributed by atoms with Crippen molar-refractivity contribution in [2.24, 2.45) is 5.41 Å². The van der Waals surface area contributed by atoms with Crippen LogP contribution in [-0.2, 0) is 22.7 Å². The number of carbonyl (C=O) groups excluding carboxylic acids is 3. The summed E-state index contributed by atoms with van der Waals surface area (Å²) in [4.78, 5) is 47.9. The number of pyridine rings is 1. The zero-order valence-corrected chi connectivity index (χ0v) is 20.1. The molecule has 0 bridgehead atoms. The van der Waals surface area contributed by atoms with Gasteiger partial charge in [0.1, 0.15) is 12.1 Å². The number of anilines is 1. The lowest BCUT2D eigenvalue weighted by Crippen LogP contribution is -2.60. The van der Waals surface area contributed by atoms with Gasteiger partial charge in [0.15, 0.2) is 0 Å². The molecule has 1 atom stereocenters. The van der Waals surface area contributed by atoms with Gasteiger partial charge in [-0.2, -0.15) is 5.26 Å².